The SMILES string of the molecule is CC(C(=O)O)(c1ccc(Cl)cc1)n1ccnn1. The van der Waals surface area contributed by atoms with Crippen LogP contribution in [-0.4, -0.2) is 26.1 Å². The highest BCUT2D eigenvalue weighted by atomic mass is 35.5. The first-order valence-electron chi connectivity index (χ1n) is 4.91. The predicted octanol–water partition coefficient (Wildman–Crippen LogP) is 1.78. The van der Waals surface area contributed by atoms with E-state index in [1.165, 1.54) is 17.1 Å². The van der Waals surface area contributed by atoms with Crippen LogP contribution in [0.25, 0.3) is 0 Å². The minimum atomic E-state index is -1.29. The Kier molecular flexibility index (Phi) is 2.85. The average Bonchev–Trinajstić information content (AvgIpc) is 2.82. The highest BCUT2D eigenvalue weighted by Crippen LogP contribution is 2.26. The van der Waals surface area contributed by atoms with Crippen LogP contribution in [0.4, 0.5) is 0 Å². The fourth-order valence-corrected chi connectivity index (χ4v) is 1.70. The van der Waals surface area contributed by atoms with Gasteiger partial charge >= 0.3 is 5.97 Å². The van der Waals surface area contributed by atoms with Gasteiger partial charge in [0.2, 0.25) is 0 Å². The Balaban J connectivity index is 2.56. The first kappa shape index (κ1) is 11.6. The maximum Gasteiger partial charge on any atom is 0.336 e. The zero-order valence-electron chi connectivity index (χ0n) is 9.04. The summed E-state index contributed by atoms with van der Waals surface area (Å²) >= 11 is 5.78. The van der Waals surface area contributed by atoms with Crippen molar-refractivity contribution < 1.29 is 9.90 Å². The lowest BCUT2D eigenvalue weighted by molar-refractivity contribution is -0.145. The smallest absolute Gasteiger partial charge is 0.336 e. The molecule has 0 fully saturated rings. The van der Waals surface area contributed by atoms with Gasteiger partial charge in [0.25, 0.3) is 0 Å². The summed E-state index contributed by atoms with van der Waals surface area (Å²) in [5, 5.41) is 17.4. The van der Waals surface area contributed by atoms with Crippen LogP contribution < -0.4 is 0 Å². The zero-order valence-corrected chi connectivity index (χ0v) is 9.80. The molecule has 6 heteroatoms. The topological polar surface area (TPSA) is 68.0 Å². The molecule has 88 valence electrons. The van der Waals surface area contributed by atoms with Gasteiger partial charge in [0, 0.05) is 11.2 Å². The Labute approximate surface area is 103 Å². The van der Waals surface area contributed by atoms with E-state index in [1.807, 2.05) is 0 Å². The monoisotopic (exact) mass is 251 g/mol. The molecule has 0 saturated carbocycles. The molecule has 0 aliphatic heterocycles. The van der Waals surface area contributed by atoms with E-state index in [4.69, 9.17) is 11.6 Å². The van der Waals surface area contributed by atoms with Gasteiger partial charge in [-0.2, -0.15) is 0 Å². The Morgan fingerprint density at radius 1 is 1.41 bits per heavy atom. The standard InChI is InChI=1S/C11H10ClN3O2/c1-11(10(16)17,15-7-6-13-14-15)8-2-4-9(12)5-3-8/h2-7H,1H3,(H,16,17). The molecule has 2 aromatic rings. The van der Waals surface area contributed by atoms with E-state index >= 15 is 0 Å². The van der Waals surface area contributed by atoms with Crippen molar-refractivity contribution in [2.45, 2.75) is 12.5 Å². The van der Waals surface area contributed by atoms with Crippen molar-refractivity contribution >= 4 is 17.6 Å². The van der Waals surface area contributed by atoms with E-state index in [2.05, 4.69) is 10.3 Å². The van der Waals surface area contributed by atoms with Gasteiger partial charge in [-0.05, 0) is 24.6 Å². The number of halogens is 1. The third kappa shape index (κ3) is 1.89. The van der Waals surface area contributed by atoms with Gasteiger partial charge in [-0.25, -0.2) is 9.48 Å². The quantitative estimate of drug-likeness (QED) is 0.903. The lowest BCUT2D eigenvalue weighted by Gasteiger charge is -2.25. The molecule has 0 spiro atoms. The van der Waals surface area contributed by atoms with E-state index in [0.29, 0.717) is 10.6 Å². The summed E-state index contributed by atoms with van der Waals surface area (Å²) in [7, 11) is 0. The van der Waals surface area contributed by atoms with Gasteiger partial charge in [-0.15, -0.1) is 5.10 Å². The third-order valence-electron chi connectivity index (χ3n) is 2.70. The van der Waals surface area contributed by atoms with Gasteiger partial charge in [0.05, 0.1) is 6.20 Å². The van der Waals surface area contributed by atoms with Gasteiger partial charge in [0.1, 0.15) is 0 Å². The van der Waals surface area contributed by atoms with E-state index in [9.17, 15) is 9.90 Å². The predicted molar refractivity (Wildman–Crippen MR) is 61.9 cm³/mol. The number of rotatable bonds is 3. The molecule has 0 amide bonds. The molecule has 1 atom stereocenters. The number of carboxylic acids is 1. The molecular weight excluding hydrogens is 242 g/mol. The van der Waals surface area contributed by atoms with E-state index in [1.54, 1.807) is 31.2 Å². The van der Waals surface area contributed by atoms with Crippen LogP contribution in [-0.2, 0) is 10.3 Å². The van der Waals surface area contributed by atoms with Crippen molar-refractivity contribution in [3.8, 4) is 0 Å². The second-order valence-electron chi connectivity index (χ2n) is 3.73. The second-order valence-corrected chi connectivity index (χ2v) is 4.17. The summed E-state index contributed by atoms with van der Waals surface area (Å²) in [6.07, 6.45) is 2.96. The number of carbonyl (C=O) groups is 1. The van der Waals surface area contributed by atoms with Crippen molar-refractivity contribution in [3.63, 3.8) is 0 Å². The molecule has 2 rings (SSSR count). The molecule has 1 heterocycles. The summed E-state index contributed by atoms with van der Waals surface area (Å²) in [4.78, 5) is 11.5. The molecule has 0 aliphatic carbocycles. The maximum absolute atomic E-state index is 11.5. The molecule has 0 aliphatic rings. The number of carboxylic acid groups (broad SMARTS) is 1. The summed E-state index contributed by atoms with van der Waals surface area (Å²) in [5.41, 5.74) is -0.707. The Hall–Kier alpha value is -1.88. The van der Waals surface area contributed by atoms with Gasteiger partial charge in [-0.3, -0.25) is 0 Å². The molecular formula is C11H10ClN3O2. The van der Waals surface area contributed by atoms with Gasteiger partial charge < -0.3 is 5.11 Å². The number of aromatic nitrogens is 3. The lowest BCUT2D eigenvalue weighted by atomic mass is 9.92. The number of aliphatic carboxylic acids is 1. The molecule has 0 radical (unpaired) electrons. The second kappa shape index (κ2) is 4.18. The number of hydrogen-bond acceptors (Lipinski definition) is 3. The maximum atomic E-state index is 11.5. The van der Waals surface area contributed by atoms with Crippen molar-refractivity contribution in [1.82, 2.24) is 15.0 Å². The van der Waals surface area contributed by atoms with Gasteiger partial charge in [0.15, 0.2) is 5.54 Å². The van der Waals surface area contributed by atoms with Crippen LogP contribution in [0.15, 0.2) is 36.7 Å². The van der Waals surface area contributed by atoms with Crippen LogP contribution in [0.2, 0.25) is 5.02 Å². The van der Waals surface area contributed by atoms with Crippen molar-refractivity contribution in [3.05, 3.63) is 47.2 Å². The van der Waals surface area contributed by atoms with Crippen molar-refractivity contribution in [1.29, 1.82) is 0 Å². The molecule has 5 nitrogen and oxygen atoms in total. The Morgan fingerprint density at radius 2 is 2.06 bits per heavy atom. The lowest BCUT2D eigenvalue weighted by Crippen LogP contribution is -2.40. The molecule has 1 aromatic carbocycles. The van der Waals surface area contributed by atoms with E-state index in [0.717, 1.165) is 0 Å². The normalized spacial score (nSPS) is 14.2. The third-order valence-corrected chi connectivity index (χ3v) is 2.96. The zero-order chi connectivity index (χ0) is 12.5. The summed E-state index contributed by atoms with van der Waals surface area (Å²) < 4.78 is 1.30. The molecule has 17 heavy (non-hydrogen) atoms. The summed E-state index contributed by atoms with van der Waals surface area (Å²) in [6, 6.07) is 6.63. The number of benzene rings is 1. The highest BCUT2D eigenvalue weighted by Gasteiger charge is 2.38. The number of hydrogen-bond donors (Lipinski definition) is 1. The van der Waals surface area contributed by atoms with Crippen LogP contribution in [0.3, 0.4) is 0 Å². The van der Waals surface area contributed by atoms with Crippen molar-refractivity contribution in [2.24, 2.45) is 0 Å². The molecule has 0 saturated heterocycles. The van der Waals surface area contributed by atoms with Crippen LogP contribution in [0.1, 0.15) is 12.5 Å². The summed E-state index contributed by atoms with van der Waals surface area (Å²) in [5.74, 6) is -1.01. The van der Waals surface area contributed by atoms with E-state index < -0.39 is 11.5 Å². The fraction of sp³-hybridized carbons (Fsp3) is 0.182. The Bertz CT molecular complexity index is 524. The van der Waals surface area contributed by atoms with Crippen molar-refractivity contribution in [2.75, 3.05) is 0 Å². The molecule has 0 bridgehead atoms. The van der Waals surface area contributed by atoms with Crippen LogP contribution in [0, 0.1) is 0 Å². The Morgan fingerprint density at radius 3 is 2.53 bits per heavy atom. The summed E-state index contributed by atoms with van der Waals surface area (Å²) in [6.45, 7) is 1.56. The molecule has 1 N–H and O–H groups in total. The largest absolute Gasteiger partial charge is 0.479 e. The minimum Gasteiger partial charge on any atom is -0.479 e. The first-order valence-corrected chi connectivity index (χ1v) is 5.29. The minimum absolute atomic E-state index is 0.556. The highest BCUT2D eigenvalue weighted by molar-refractivity contribution is 6.30. The molecule has 1 aromatic heterocycles. The first-order chi connectivity index (χ1) is 8.05. The van der Waals surface area contributed by atoms with E-state index in [-0.39, 0.29) is 0 Å². The van der Waals surface area contributed by atoms with Gasteiger partial charge in [-0.1, -0.05) is 28.9 Å². The van der Waals surface area contributed by atoms with Crippen LogP contribution >= 0.6 is 11.6 Å². The average molecular weight is 252 g/mol. The fourth-order valence-electron chi connectivity index (χ4n) is 1.57. The van der Waals surface area contributed by atoms with Crippen LogP contribution in [0.5, 0.6) is 0 Å². The molecule has 1 unspecified atom stereocenters. The number of nitrogens with zero attached hydrogens (tertiary/aromatic N) is 3.